The summed E-state index contributed by atoms with van der Waals surface area (Å²) < 4.78 is 5.26. The highest BCUT2D eigenvalue weighted by Gasteiger charge is 2.36. The van der Waals surface area contributed by atoms with Gasteiger partial charge in [0.15, 0.2) is 0 Å². The van der Waals surface area contributed by atoms with E-state index in [1.165, 1.54) is 0 Å². The Kier molecular flexibility index (Phi) is 4.34. The van der Waals surface area contributed by atoms with Gasteiger partial charge in [0.25, 0.3) is 5.91 Å². The zero-order chi connectivity index (χ0) is 18.1. The number of amides is 1. The number of aliphatic hydroxyl groups is 1. The Morgan fingerprint density at radius 2 is 2.15 bits per heavy atom. The molecule has 1 aliphatic carbocycles. The molecule has 0 bridgehead atoms. The third kappa shape index (κ3) is 3.15. The SMILES string of the molecule is COc1cncc([C@H](NC(=O)c2ccc3cc[nH]c3c2)C2CC(O)C2)c1. The Balaban J connectivity index is 1.60. The second-order valence-electron chi connectivity index (χ2n) is 6.77. The van der Waals surface area contributed by atoms with Gasteiger partial charge >= 0.3 is 0 Å². The maximum Gasteiger partial charge on any atom is 0.251 e. The van der Waals surface area contributed by atoms with E-state index < -0.39 is 0 Å². The lowest BCUT2D eigenvalue weighted by Crippen LogP contribution is -2.41. The Hall–Kier alpha value is -2.86. The van der Waals surface area contributed by atoms with Gasteiger partial charge in [-0.2, -0.15) is 0 Å². The van der Waals surface area contributed by atoms with Gasteiger partial charge in [-0.05, 0) is 54.0 Å². The van der Waals surface area contributed by atoms with Crippen molar-refractivity contribution in [2.45, 2.75) is 25.0 Å². The number of carbonyl (C=O) groups excluding carboxylic acids is 1. The zero-order valence-electron chi connectivity index (χ0n) is 14.5. The Morgan fingerprint density at radius 3 is 2.92 bits per heavy atom. The van der Waals surface area contributed by atoms with Crippen molar-refractivity contribution in [3.63, 3.8) is 0 Å². The normalized spacial score (nSPS) is 20.4. The Bertz CT molecular complexity index is 931. The lowest BCUT2D eigenvalue weighted by molar-refractivity contribution is 0.0234. The van der Waals surface area contributed by atoms with Crippen molar-refractivity contribution in [3.8, 4) is 5.75 Å². The highest BCUT2D eigenvalue weighted by Crippen LogP contribution is 2.38. The largest absolute Gasteiger partial charge is 0.495 e. The van der Waals surface area contributed by atoms with E-state index in [9.17, 15) is 9.90 Å². The quantitative estimate of drug-likeness (QED) is 0.660. The lowest BCUT2D eigenvalue weighted by atomic mass is 9.75. The fourth-order valence-corrected chi connectivity index (χ4v) is 3.51. The predicted molar refractivity (Wildman–Crippen MR) is 98.0 cm³/mol. The van der Waals surface area contributed by atoms with Crippen LogP contribution in [-0.2, 0) is 0 Å². The number of fused-ring (bicyclic) bond motifs is 1. The lowest BCUT2D eigenvalue weighted by Gasteiger charge is -2.38. The van der Waals surface area contributed by atoms with Gasteiger partial charge < -0.3 is 20.1 Å². The zero-order valence-corrected chi connectivity index (χ0v) is 14.5. The van der Waals surface area contributed by atoms with Crippen LogP contribution in [0.15, 0.2) is 48.9 Å². The number of methoxy groups -OCH3 is 1. The smallest absolute Gasteiger partial charge is 0.251 e. The Morgan fingerprint density at radius 1 is 1.31 bits per heavy atom. The van der Waals surface area contributed by atoms with E-state index in [2.05, 4.69) is 15.3 Å². The minimum atomic E-state index is -0.298. The van der Waals surface area contributed by atoms with Crippen LogP contribution < -0.4 is 10.1 Å². The maximum atomic E-state index is 12.8. The van der Waals surface area contributed by atoms with Crippen molar-refractivity contribution in [1.82, 2.24) is 15.3 Å². The van der Waals surface area contributed by atoms with Crippen molar-refractivity contribution in [1.29, 1.82) is 0 Å². The number of aromatic amines is 1. The summed E-state index contributed by atoms with van der Waals surface area (Å²) in [4.78, 5) is 20.2. The number of hydrogen-bond acceptors (Lipinski definition) is 4. The maximum absolute atomic E-state index is 12.8. The molecule has 134 valence electrons. The van der Waals surface area contributed by atoms with Gasteiger partial charge in [0, 0.05) is 23.5 Å². The first-order chi connectivity index (χ1) is 12.6. The molecule has 6 heteroatoms. The number of pyridine rings is 1. The standard InChI is InChI=1S/C20H21N3O3/c1-26-17-8-15(10-21-11-17)19(14-6-16(24)7-14)23-20(25)13-3-2-12-4-5-22-18(12)9-13/h2-5,8-11,14,16,19,22,24H,6-7H2,1H3,(H,23,25)/t14?,16?,19-/m1/s1. The van der Waals surface area contributed by atoms with E-state index in [0.717, 1.165) is 16.5 Å². The number of benzene rings is 1. The third-order valence-electron chi connectivity index (χ3n) is 5.05. The molecule has 0 spiro atoms. The fourth-order valence-electron chi connectivity index (χ4n) is 3.51. The molecule has 0 unspecified atom stereocenters. The van der Waals surface area contributed by atoms with E-state index >= 15 is 0 Å². The first-order valence-electron chi connectivity index (χ1n) is 8.69. The molecule has 2 aromatic heterocycles. The number of nitrogens with one attached hydrogen (secondary N) is 2. The number of rotatable bonds is 5. The summed E-state index contributed by atoms with van der Waals surface area (Å²) in [7, 11) is 1.59. The molecule has 3 N–H and O–H groups in total. The molecule has 0 aliphatic heterocycles. The van der Waals surface area contributed by atoms with Crippen molar-refractivity contribution in [2.75, 3.05) is 7.11 Å². The van der Waals surface area contributed by atoms with Crippen LogP contribution >= 0.6 is 0 Å². The monoisotopic (exact) mass is 351 g/mol. The van der Waals surface area contributed by atoms with Crippen LogP contribution in [0.5, 0.6) is 5.75 Å². The van der Waals surface area contributed by atoms with Gasteiger partial charge in [-0.15, -0.1) is 0 Å². The topological polar surface area (TPSA) is 87.2 Å². The number of ether oxygens (including phenoxy) is 1. The van der Waals surface area contributed by atoms with Crippen LogP contribution in [0, 0.1) is 5.92 Å². The number of aliphatic hydroxyl groups excluding tert-OH is 1. The van der Waals surface area contributed by atoms with Gasteiger partial charge in [0.05, 0.1) is 25.5 Å². The summed E-state index contributed by atoms with van der Waals surface area (Å²) in [5.74, 6) is 0.683. The molecule has 3 aromatic rings. The highest BCUT2D eigenvalue weighted by atomic mass is 16.5. The van der Waals surface area contributed by atoms with Crippen LogP contribution in [0.25, 0.3) is 10.9 Å². The first kappa shape index (κ1) is 16.6. The van der Waals surface area contributed by atoms with Crippen LogP contribution in [0.3, 0.4) is 0 Å². The summed E-state index contributed by atoms with van der Waals surface area (Å²) in [5.41, 5.74) is 2.41. The van der Waals surface area contributed by atoms with Crippen molar-refractivity contribution in [2.24, 2.45) is 5.92 Å². The molecule has 1 amide bonds. The molecule has 6 nitrogen and oxygen atoms in total. The molecule has 1 aromatic carbocycles. The Labute approximate surface area is 151 Å². The van der Waals surface area contributed by atoms with Crippen molar-refractivity contribution >= 4 is 16.8 Å². The van der Waals surface area contributed by atoms with Crippen LogP contribution in [0.2, 0.25) is 0 Å². The van der Waals surface area contributed by atoms with Crippen molar-refractivity contribution < 1.29 is 14.6 Å². The van der Waals surface area contributed by atoms with E-state index in [-0.39, 0.29) is 24.0 Å². The van der Waals surface area contributed by atoms with Gasteiger partial charge in [0.2, 0.25) is 0 Å². The molecule has 1 fully saturated rings. The fraction of sp³-hybridized carbons (Fsp3) is 0.300. The summed E-state index contributed by atoms with van der Waals surface area (Å²) in [6.07, 6.45) is 6.26. The third-order valence-corrected chi connectivity index (χ3v) is 5.05. The molecular weight excluding hydrogens is 330 g/mol. The molecule has 26 heavy (non-hydrogen) atoms. The molecule has 1 saturated carbocycles. The second kappa shape index (κ2) is 6.80. The average Bonchev–Trinajstić information content (AvgIpc) is 3.11. The summed E-state index contributed by atoms with van der Waals surface area (Å²) >= 11 is 0. The van der Waals surface area contributed by atoms with Gasteiger partial charge in [-0.1, -0.05) is 6.07 Å². The minimum Gasteiger partial charge on any atom is -0.495 e. The molecule has 2 heterocycles. The number of hydrogen-bond donors (Lipinski definition) is 3. The minimum absolute atomic E-state index is 0.143. The number of aromatic nitrogens is 2. The molecule has 0 saturated heterocycles. The average molecular weight is 351 g/mol. The molecule has 0 radical (unpaired) electrons. The summed E-state index contributed by atoms with van der Waals surface area (Å²) in [6, 6.07) is 9.24. The summed E-state index contributed by atoms with van der Waals surface area (Å²) in [6.45, 7) is 0. The van der Waals surface area contributed by atoms with Gasteiger partial charge in [0.1, 0.15) is 5.75 Å². The number of H-pyrrole nitrogens is 1. The highest BCUT2D eigenvalue weighted by molar-refractivity contribution is 5.98. The van der Waals surface area contributed by atoms with E-state index in [1.54, 1.807) is 19.5 Å². The summed E-state index contributed by atoms with van der Waals surface area (Å²) in [5, 5.41) is 13.9. The van der Waals surface area contributed by atoms with E-state index in [1.807, 2.05) is 36.5 Å². The molecule has 1 aliphatic rings. The first-order valence-corrected chi connectivity index (χ1v) is 8.69. The second-order valence-corrected chi connectivity index (χ2v) is 6.77. The van der Waals surface area contributed by atoms with E-state index in [4.69, 9.17) is 4.74 Å². The van der Waals surface area contributed by atoms with E-state index in [0.29, 0.717) is 24.2 Å². The van der Waals surface area contributed by atoms with Gasteiger partial charge in [-0.3, -0.25) is 9.78 Å². The number of nitrogens with zero attached hydrogens (tertiary/aromatic N) is 1. The molecule has 1 atom stereocenters. The van der Waals surface area contributed by atoms with Gasteiger partial charge in [-0.25, -0.2) is 0 Å². The van der Waals surface area contributed by atoms with Crippen molar-refractivity contribution in [3.05, 3.63) is 60.0 Å². The predicted octanol–water partition coefficient (Wildman–Crippen LogP) is 2.81. The number of carbonyl (C=O) groups is 1. The van der Waals surface area contributed by atoms with Crippen LogP contribution in [-0.4, -0.2) is 34.2 Å². The molecule has 4 rings (SSSR count). The molecular formula is C20H21N3O3. The van der Waals surface area contributed by atoms with Crippen LogP contribution in [0.4, 0.5) is 0 Å². The van der Waals surface area contributed by atoms with Crippen LogP contribution in [0.1, 0.15) is 34.8 Å².